The van der Waals surface area contributed by atoms with Crippen LogP contribution in [0, 0.1) is 0 Å². The summed E-state index contributed by atoms with van der Waals surface area (Å²) in [5.41, 5.74) is 2.68. The van der Waals surface area contributed by atoms with Crippen LogP contribution in [0.25, 0.3) is 0 Å². The zero-order chi connectivity index (χ0) is 15.2. The number of hydrogen-bond acceptors (Lipinski definition) is 3. The molecule has 4 heteroatoms. The molecule has 1 aliphatic rings. The molecule has 1 atom stereocenters. The number of anilines is 1. The Morgan fingerprint density at radius 2 is 2.00 bits per heavy atom. The molecule has 1 unspecified atom stereocenters. The van der Waals surface area contributed by atoms with Gasteiger partial charge in [0.2, 0.25) is 5.91 Å². The first-order valence-electron chi connectivity index (χ1n) is 7.96. The van der Waals surface area contributed by atoms with E-state index in [0.717, 1.165) is 32.5 Å². The summed E-state index contributed by atoms with van der Waals surface area (Å²) in [5, 5.41) is 6.53. The Hall–Kier alpha value is -1.55. The van der Waals surface area contributed by atoms with Gasteiger partial charge in [-0.15, -0.1) is 0 Å². The zero-order valence-corrected chi connectivity index (χ0v) is 13.4. The normalized spacial score (nSPS) is 17.6. The average molecular weight is 289 g/mol. The van der Waals surface area contributed by atoms with Crippen molar-refractivity contribution in [2.75, 3.05) is 24.5 Å². The van der Waals surface area contributed by atoms with Crippen LogP contribution < -0.4 is 15.5 Å². The summed E-state index contributed by atoms with van der Waals surface area (Å²) in [6, 6.07) is 9.33. The molecular formula is C17H27N3O. The monoisotopic (exact) mass is 289 g/mol. The van der Waals surface area contributed by atoms with Gasteiger partial charge in [-0.2, -0.15) is 0 Å². The largest absolute Gasteiger partial charge is 0.371 e. The van der Waals surface area contributed by atoms with Crippen LogP contribution in [-0.2, 0) is 4.79 Å². The minimum atomic E-state index is 0.0784. The van der Waals surface area contributed by atoms with E-state index in [-0.39, 0.29) is 5.91 Å². The van der Waals surface area contributed by atoms with Gasteiger partial charge in [0.1, 0.15) is 0 Å². The van der Waals surface area contributed by atoms with Crippen molar-refractivity contribution in [1.82, 2.24) is 10.6 Å². The summed E-state index contributed by atoms with van der Waals surface area (Å²) in [6.45, 7) is 8.92. The van der Waals surface area contributed by atoms with Crippen molar-refractivity contribution in [3.05, 3.63) is 29.8 Å². The second kappa shape index (κ2) is 7.46. The molecule has 1 heterocycles. The first-order chi connectivity index (χ1) is 10.1. The van der Waals surface area contributed by atoms with E-state index in [1.54, 1.807) is 6.92 Å². The topological polar surface area (TPSA) is 44.4 Å². The highest BCUT2D eigenvalue weighted by atomic mass is 16.1. The third-order valence-electron chi connectivity index (χ3n) is 4.16. The Labute approximate surface area is 127 Å². The summed E-state index contributed by atoms with van der Waals surface area (Å²) in [4.78, 5) is 13.6. The molecule has 0 spiro atoms. The van der Waals surface area contributed by atoms with Gasteiger partial charge in [0.05, 0.1) is 0 Å². The van der Waals surface area contributed by atoms with Crippen LogP contribution in [0.15, 0.2) is 24.3 Å². The summed E-state index contributed by atoms with van der Waals surface area (Å²) < 4.78 is 0. The lowest BCUT2D eigenvalue weighted by atomic mass is 10.0. The fourth-order valence-corrected chi connectivity index (χ4v) is 3.11. The van der Waals surface area contributed by atoms with Crippen molar-refractivity contribution in [3.63, 3.8) is 0 Å². The smallest absolute Gasteiger partial charge is 0.217 e. The SMILES string of the molecule is CCNC(C)c1ccccc1N1CCC(NC(C)=O)CC1. The van der Waals surface area contributed by atoms with Crippen LogP contribution in [0.3, 0.4) is 0 Å². The standard InChI is InChI=1S/C17H27N3O/c1-4-18-13(2)16-7-5-6-8-17(16)20-11-9-15(10-12-20)19-14(3)21/h5-8,13,15,18H,4,9-12H2,1-3H3,(H,19,21). The first-order valence-corrected chi connectivity index (χ1v) is 7.96. The number of amides is 1. The van der Waals surface area contributed by atoms with Gasteiger partial charge >= 0.3 is 0 Å². The maximum Gasteiger partial charge on any atom is 0.217 e. The lowest BCUT2D eigenvalue weighted by molar-refractivity contribution is -0.119. The number of para-hydroxylation sites is 1. The Kier molecular flexibility index (Phi) is 5.62. The van der Waals surface area contributed by atoms with Gasteiger partial charge in [0, 0.05) is 37.8 Å². The molecule has 1 amide bonds. The fraction of sp³-hybridized carbons (Fsp3) is 0.588. The van der Waals surface area contributed by atoms with Crippen molar-refractivity contribution in [1.29, 1.82) is 0 Å². The molecule has 0 radical (unpaired) electrons. The van der Waals surface area contributed by atoms with Crippen molar-refractivity contribution in [2.24, 2.45) is 0 Å². The second-order valence-electron chi connectivity index (χ2n) is 5.80. The van der Waals surface area contributed by atoms with Crippen LogP contribution in [0.4, 0.5) is 5.69 Å². The van der Waals surface area contributed by atoms with Gasteiger partial charge in [0.25, 0.3) is 0 Å². The molecule has 1 aromatic carbocycles. The highest BCUT2D eigenvalue weighted by Crippen LogP contribution is 2.28. The molecule has 116 valence electrons. The van der Waals surface area contributed by atoms with E-state index in [1.165, 1.54) is 11.3 Å². The molecule has 1 saturated heterocycles. The summed E-state index contributed by atoms with van der Waals surface area (Å²) in [5.74, 6) is 0.0784. The molecule has 1 fully saturated rings. The molecular weight excluding hydrogens is 262 g/mol. The van der Waals surface area contributed by atoms with Crippen molar-refractivity contribution < 1.29 is 4.79 Å². The molecule has 0 bridgehead atoms. The van der Waals surface area contributed by atoms with Crippen molar-refractivity contribution in [3.8, 4) is 0 Å². The van der Waals surface area contributed by atoms with Crippen LogP contribution >= 0.6 is 0 Å². The lowest BCUT2D eigenvalue weighted by Gasteiger charge is -2.35. The van der Waals surface area contributed by atoms with Crippen molar-refractivity contribution in [2.45, 2.75) is 45.7 Å². The van der Waals surface area contributed by atoms with E-state index in [1.807, 2.05) is 0 Å². The van der Waals surface area contributed by atoms with E-state index in [0.29, 0.717) is 12.1 Å². The average Bonchev–Trinajstić information content (AvgIpc) is 2.48. The predicted octanol–water partition coefficient (Wildman–Crippen LogP) is 2.46. The number of carbonyl (C=O) groups is 1. The molecule has 21 heavy (non-hydrogen) atoms. The maximum atomic E-state index is 11.1. The van der Waals surface area contributed by atoms with Crippen LogP contribution in [0.2, 0.25) is 0 Å². The Balaban J connectivity index is 2.04. The number of piperidine rings is 1. The molecule has 0 saturated carbocycles. The van der Waals surface area contributed by atoms with Crippen LogP contribution in [0.1, 0.15) is 45.2 Å². The molecule has 0 aromatic heterocycles. The Morgan fingerprint density at radius 1 is 1.33 bits per heavy atom. The number of carbonyl (C=O) groups excluding carboxylic acids is 1. The van der Waals surface area contributed by atoms with Crippen LogP contribution in [0.5, 0.6) is 0 Å². The number of nitrogens with zero attached hydrogens (tertiary/aromatic N) is 1. The van der Waals surface area contributed by atoms with Gasteiger partial charge in [-0.05, 0) is 37.9 Å². The third-order valence-corrected chi connectivity index (χ3v) is 4.16. The summed E-state index contributed by atoms with van der Waals surface area (Å²) in [6.07, 6.45) is 2.03. The van der Waals surface area contributed by atoms with Crippen LogP contribution in [-0.4, -0.2) is 31.6 Å². The highest BCUT2D eigenvalue weighted by molar-refractivity contribution is 5.73. The zero-order valence-electron chi connectivity index (χ0n) is 13.4. The third kappa shape index (κ3) is 4.21. The number of hydrogen-bond donors (Lipinski definition) is 2. The Morgan fingerprint density at radius 3 is 2.62 bits per heavy atom. The second-order valence-corrected chi connectivity index (χ2v) is 5.80. The number of benzene rings is 1. The Bertz CT molecular complexity index is 467. The number of nitrogens with one attached hydrogen (secondary N) is 2. The summed E-state index contributed by atoms with van der Waals surface area (Å²) in [7, 11) is 0. The van der Waals surface area contributed by atoms with Crippen molar-refractivity contribution >= 4 is 11.6 Å². The van der Waals surface area contributed by atoms with Gasteiger partial charge in [-0.3, -0.25) is 4.79 Å². The number of rotatable bonds is 5. The first kappa shape index (κ1) is 15.8. The van der Waals surface area contributed by atoms with Gasteiger partial charge in [-0.1, -0.05) is 25.1 Å². The molecule has 2 rings (SSSR count). The van der Waals surface area contributed by atoms with Gasteiger partial charge in [0.15, 0.2) is 0 Å². The quantitative estimate of drug-likeness (QED) is 0.875. The van der Waals surface area contributed by atoms with E-state index in [2.05, 4.69) is 53.6 Å². The minimum absolute atomic E-state index is 0.0784. The van der Waals surface area contributed by atoms with E-state index >= 15 is 0 Å². The molecule has 0 aliphatic carbocycles. The maximum absolute atomic E-state index is 11.1. The molecule has 1 aliphatic heterocycles. The lowest BCUT2D eigenvalue weighted by Crippen LogP contribution is -2.44. The van der Waals surface area contributed by atoms with E-state index in [9.17, 15) is 4.79 Å². The molecule has 2 N–H and O–H groups in total. The summed E-state index contributed by atoms with van der Waals surface area (Å²) >= 11 is 0. The minimum Gasteiger partial charge on any atom is -0.371 e. The fourth-order valence-electron chi connectivity index (χ4n) is 3.11. The van der Waals surface area contributed by atoms with Gasteiger partial charge in [-0.25, -0.2) is 0 Å². The van der Waals surface area contributed by atoms with E-state index < -0.39 is 0 Å². The molecule has 1 aromatic rings. The van der Waals surface area contributed by atoms with Gasteiger partial charge < -0.3 is 15.5 Å². The van der Waals surface area contributed by atoms with E-state index in [4.69, 9.17) is 0 Å². The highest BCUT2D eigenvalue weighted by Gasteiger charge is 2.22. The predicted molar refractivity (Wildman–Crippen MR) is 87.6 cm³/mol. The molecule has 4 nitrogen and oxygen atoms in total.